The van der Waals surface area contributed by atoms with Gasteiger partial charge in [-0.2, -0.15) is 0 Å². The molecule has 0 N–H and O–H groups in total. The molecule has 0 saturated heterocycles. The van der Waals surface area contributed by atoms with Crippen LogP contribution in [0.2, 0.25) is 10.0 Å². The van der Waals surface area contributed by atoms with E-state index in [1.54, 1.807) is 55.2 Å². The first-order valence-corrected chi connectivity index (χ1v) is 11.0. The van der Waals surface area contributed by atoms with Crippen molar-refractivity contribution in [2.75, 3.05) is 11.9 Å². The molecule has 0 saturated carbocycles. The molecule has 166 valence electrons. The van der Waals surface area contributed by atoms with Gasteiger partial charge in [-0.25, -0.2) is 0 Å². The standard InChI is InChI=1S/C26H21Cl2N3O2/c1-17-15-23(32)31(16-18-11-13-29-14-12-18)25(19-7-9-20(27)10-8-19)24(17)26(33)30(2)22-6-4-3-5-21(22)28/h3-15H,16H2,1-2H3. The molecular formula is C26H21Cl2N3O2. The summed E-state index contributed by atoms with van der Waals surface area (Å²) < 4.78 is 1.61. The molecule has 2 aromatic carbocycles. The molecule has 0 aliphatic carbocycles. The van der Waals surface area contributed by atoms with Crippen molar-refractivity contribution < 1.29 is 4.79 Å². The van der Waals surface area contributed by atoms with E-state index in [1.165, 1.54) is 11.0 Å². The smallest absolute Gasteiger partial charge is 0.260 e. The molecule has 2 heterocycles. The number of carbonyl (C=O) groups is 1. The van der Waals surface area contributed by atoms with Gasteiger partial charge in [-0.3, -0.25) is 14.6 Å². The fraction of sp³-hybridized carbons (Fsp3) is 0.115. The van der Waals surface area contributed by atoms with E-state index in [2.05, 4.69) is 4.98 Å². The molecule has 0 bridgehead atoms. The van der Waals surface area contributed by atoms with E-state index in [0.717, 1.165) is 5.56 Å². The lowest BCUT2D eigenvalue weighted by molar-refractivity contribution is 0.0992. The number of hydrogen-bond donors (Lipinski definition) is 0. The fourth-order valence-electron chi connectivity index (χ4n) is 3.77. The van der Waals surface area contributed by atoms with Crippen LogP contribution < -0.4 is 10.5 Å². The number of nitrogens with zero attached hydrogens (tertiary/aromatic N) is 3. The monoisotopic (exact) mass is 477 g/mol. The second-order valence-corrected chi connectivity index (χ2v) is 8.50. The van der Waals surface area contributed by atoms with Crippen molar-refractivity contribution >= 4 is 34.8 Å². The van der Waals surface area contributed by atoms with Crippen LogP contribution in [0, 0.1) is 6.92 Å². The molecule has 0 aliphatic heterocycles. The molecule has 0 aliphatic rings. The Balaban J connectivity index is 1.95. The maximum absolute atomic E-state index is 13.8. The second kappa shape index (κ2) is 9.61. The molecule has 7 heteroatoms. The van der Waals surface area contributed by atoms with E-state index in [0.29, 0.717) is 38.1 Å². The van der Waals surface area contributed by atoms with E-state index in [1.807, 2.05) is 36.4 Å². The number of carbonyl (C=O) groups excluding carboxylic acids is 1. The summed E-state index contributed by atoms with van der Waals surface area (Å²) in [5, 5.41) is 1.03. The van der Waals surface area contributed by atoms with Crippen molar-refractivity contribution in [3.8, 4) is 11.3 Å². The highest BCUT2D eigenvalue weighted by atomic mass is 35.5. The summed E-state index contributed by atoms with van der Waals surface area (Å²) in [6, 6.07) is 19.4. The average Bonchev–Trinajstić information content (AvgIpc) is 2.81. The summed E-state index contributed by atoms with van der Waals surface area (Å²) in [7, 11) is 1.67. The van der Waals surface area contributed by atoms with Gasteiger partial charge >= 0.3 is 0 Å². The molecule has 5 nitrogen and oxygen atoms in total. The van der Waals surface area contributed by atoms with Crippen molar-refractivity contribution in [1.82, 2.24) is 9.55 Å². The number of rotatable bonds is 5. The first-order chi connectivity index (χ1) is 15.9. The maximum atomic E-state index is 13.8. The number of benzene rings is 2. The summed E-state index contributed by atoms with van der Waals surface area (Å²) in [5.41, 5.74) is 3.52. The molecular weight excluding hydrogens is 457 g/mol. The van der Waals surface area contributed by atoms with Crippen LogP contribution in [0.4, 0.5) is 5.69 Å². The SMILES string of the molecule is Cc1cc(=O)n(Cc2ccncc2)c(-c2ccc(Cl)cc2)c1C(=O)N(C)c1ccccc1Cl. The molecule has 0 fully saturated rings. The van der Waals surface area contributed by atoms with Crippen LogP contribution in [-0.4, -0.2) is 22.5 Å². The zero-order chi connectivity index (χ0) is 23.5. The second-order valence-electron chi connectivity index (χ2n) is 7.65. The minimum absolute atomic E-state index is 0.203. The number of aryl methyl sites for hydroxylation is 1. The van der Waals surface area contributed by atoms with Crippen LogP contribution in [-0.2, 0) is 6.54 Å². The average molecular weight is 478 g/mol. The number of aromatic nitrogens is 2. The Bertz CT molecular complexity index is 1370. The normalized spacial score (nSPS) is 10.8. The molecule has 2 aromatic heterocycles. The van der Waals surface area contributed by atoms with Gasteiger partial charge in [-0.1, -0.05) is 47.5 Å². The number of hydrogen-bond acceptors (Lipinski definition) is 3. The van der Waals surface area contributed by atoms with Crippen LogP contribution in [0.15, 0.2) is 83.9 Å². The largest absolute Gasteiger partial charge is 0.310 e. The first-order valence-electron chi connectivity index (χ1n) is 10.3. The summed E-state index contributed by atoms with van der Waals surface area (Å²) >= 11 is 12.5. The summed E-state index contributed by atoms with van der Waals surface area (Å²) in [6.07, 6.45) is 3.35. The Kier molecular flexibility index (Phi) is 6.63. The lowest BCUT2D eigenvalue weighted by Gasteiger charge is -2.24. The van der Waals surface area contributed by atoms with E-state index in [4.69, 9.17) is 23.2 Å². The third-order valence-electron chi connectivity index (χ3n) is 5.45. The van der Waals surface area contributed by atoms with Crippen LogP contribution in [0.5, 0.6) is 0 Å². The molecule has 0 spiro atoms. The van der Waals surface area contributed by atoms with Crippen molar-refractivity contribution in [2.45, 2.75) is 13.5 Å². The Morgan fingerprint density at radius 3 is 2.33 bits per heavy atom. The minimum Gasteiger partial charge on any atom is -0.310 e. The van der Waals surface area contributed by atoms with Crippen LogP contribution >= 0.6 is 23.2 Å². The molecule has 4 rings (SSSR count). The van der Waals surface area contributed by atoms with E-state index in [-0.39, 0.29) is 18.0 Å². The van der Waals surface area contributed by atoms with Gasteiger partial charge in [0.05, 0.1) is 28.5 Å². The number of anilines is 1. The van der Waals surface area contributed by atoms with Gasteiger partial charge in [0.1, 0.15) is 0 Å². The Labute approximate surface area is 201 Å². The summed E-state index contributed by atoms with van der Waals surface area (Å²) in [4.78, 5) is 32.5. The summed E-state index contributed by atoms with van der Waals surface area (Å²) in [6.45, 7) is 2.06. The van der Waals surface area contributed by atoms with Gasteiger partial charge in [0, 0.05) is 30.5 Å². The van der Waals surface area contributed by atoms with Gasteiger partial charge in [-0.15, -0.1) is 0 Å². The lowest BCUT2D eigenvalue weighted by Crippen LogP contribution is -2.32. The predicted octanol–water partition coefficient (Wildman–Crippen LogP) is 5.85. The topological polar surface area (TPSA) is 55.2 Å². The highest BCUT2D eigenvalue weighted by Gasteiger charge is 2.25. The molecule has 1 amide bonds. The van der Waals surface area contributed by atoms with Gasteiger partial charge in [0.25, 0.3) is 11.5 Å². The molecule has 0 radical (unpaired) electrons. The van der Waals surface area contributed by atoms with E-state index in [9.17, 15) is 9.59 Å². The van der Waals surface area contributed by atoms with Crippen molar-refractivity contribution in [3.63, 3.8) is 0 Å². The van der Waals surface area contributed by atoms with Crippen LogP contribution in [0.25, 0.3) is 11.3 Å². The zero-order valence-electron chi connectivity index (χ0n) is 18.1. The Morgan fingerprint density at radius 2 is 1.67 bits per heavy atom. The lowest BCUT2D eigenvalue weighted by atomic mass is 9.99. The highest BCUT2D eigenvalue weighted by molar-refractivity contribution is 6.34. The van der Waals surface area contributed by atoms with Crippen molar-refractivity contribution in [1.29, 1.82) is 0 Å². The number of halogens is 2. The number of amides is 1. The number of para-hydroxylation sites is 1. The van der Waals surface area contributed by atoms with Crippen LogP contribution in [0.3, 0.4) is 0 Å². The Hall–Kier alpha value is -3.41. The van der Waals surface area contributed by atoms with Crippen molar-refractivity contribution in [2.24, 2.45) is 0 Å². The van der Waals surface area contributed by atoms with Gasteiger partial charge in [-0.05, 0) is 60.0 Å². The van der Waals surface area contributed by atoms with Crippen LogP contribution in [0.1, 0.15) is 21.5 Å². The van der Waals surface area contributed by atoms with E-state index < -0.39 is 0 Å². The molecule has 0 atom stereocenters. The van der Waals surface area contributed by atoms with Gasteiger partial charge in [0.15, 0.2) is 0 Å². The van der Waals surface area contributed by atoms with Crippen molar-refractivity contribution in [3.05, 3.63) is 116 Å². The minimum atomic E-state index is -0.269. The fourth-order valence-corrected chi connectivity index (χ4v) is 4.16. The number of pyridine rings is 2. The molecule has 33 heavy (non-hydrogen) atoms. The van der Waals surface area contributed by atoms with Gasteiger partial charge < -0.3 is 9.47 Å². The quantitative estimate of drug-likeness (QED) is 0.362. The Morgan fingerprint density at radius 1 is 1.00 bits per heavy atom. The summed E-state index contributed by atoms with van der Waals surface area (Å²) in [5.74, 6) is -0.269. The maximum Gasteiger partial charge on any atom is 0.260 e. The zero-order valence-corrected chi connectivity index (χ0v) is 19.6. The first kappa shape index (κ1) is 22.8. The van der Waals surface area contributed by atoms with E-state index >= 15 is 0 Å². The third-order valence-corrected chi connectivity index (χ3v) is 6.02. The highest BCUT2D eigenvalue weighted by Crippen LogP contribution is 2.31. The third kappa shape index (κ3) is 4.70. The molecule has 0 unspecified atom stereocenters. The molecule has 4 aromatic rings. The predicted molar refractivity (Wildman–Crippen MR) is 133 cm³/mol. The van der Waals surface area contributed by atoms with Gasteiger partial charge in [0.2, 0.25) is 0 Å².